The fraction of sp³-hybridized carbons (Fsp3) is 0.667. The van der Waals surface area contributed by atoms with Gasteiger partial charge in [-0.05, 0) is 33.6 Å². The van der Waals surface area contributed by atoms with E-state index in [0.717, 1.165) is 0 Å². The number of allylic oxidation sites excluding steroid dienone is 2. The third kappa shape index (κ3) is 3.35. The van der Waals surface area contributed by atoms with Crippen LogP contribution in [0.5, 0.6) is 0 Å². The largest absolute Gasteiger partial charge is 0.305 e. The van der Waals surface area contributed by atoms with Gasteiger partial charge in [0.15, 0.2) is 0 Å². The Hall–Kier alpha value is -0.560. The van der Waals surface area contributed by atoms with E-state index in [-0.39, 0.29) is 5.54 Å². The summed E-state index contributed by atoms with van der Waals surface area (Å²) in [6.07, 6.45) is 6.79. The predicted molar refractivity (Wildman–Crippen MR) is 58.7 cm³/mol. The Morgan fingerprint density at radius 1 is 1.31 bits per heavy atom. The van der Waals surface area contributed by atoms with Crippen LogP contribution in [0.1, 0.15) is 34.6 Å². The van der Waals surface area contributed by atoms with E-state index in [1.807, 2.05) is 0 Å². The minimum Gasteiger partial charge on any atom is -0.305 e. The first kappa shape index (κ1) is 10.5. The molecule has 0 fully saturated rings. The summed E-state index contributed by atoms with van der Waals surface area (Å²) >= 11 is 0. The first-order chi connectivity index (χ1) is 5.88. The molecular weight excluding hydrogens is 158 g/mol. The van der Waals surface area contributed by atoms with Gasteiger partial charge < -0.3 is 5.32 Å². The van der Waals surface area contributed by atoms with Gasteiger partial charge in [0.1, 0.15) is 0 Å². The van der Waals surface area contributed by atoms with Crippen LogP contribution in [-0.2, 0) is 0 Å². The summed E-state index contributed by atoms with van der Waals surface area (Å²) in [5, 5.41) is 3.60. The lowest BCUT2D eigenvalue weighted by atomic mass is 9.91. The van der Waals surface area contributed by atoms with Gasteiger partial charge in [0.25, 0.3) is 0 Å². The molecule has 2 atom stereocenters. The van der Waals surface area contributed by atoms with Crippen molar-refractivity contribution in [2.24, 2.45) is 5.92 Å². The SMILES string of the molecule is CC1=CC(C)C(NC(C)(C)C)C=C1. The maximum atomic E-state index is 3.60. The summed E-state index contributed by atoms with van der Waals surface area (Å²) in [6.45, 7) is 11.0. The van der Waals surface area contributed by atoms with Crippen molar-refractivity contribution < 1.29 is 0 Å². The van der Waals surface area contributed by atoms with E-state index in [0.29, 0.717) is 12.0 Å². The maximum absolute atomic E-state index is 3.60. The lowest BCUT2D eigenvalue weighted by Gasteiger charge is -2.31. The van der Waals surface area contributed by atoms with E-state index in [4.69, 9.17) is 0 Å². The molecular formula is C12H21N. The standard InChI is InChI=1S/C12H21N/c1-9-6-7-11(10(2)8-9)13-12(3,4)5/h6-8,10-11,13H,1-5H3. The summed E-state index contributed by atoms with van der Waals surface area (Å²) in [6, 6.07) is 0.490. The Labute approximate surface area is 81.9 Å². The molecule has 0 bridgehead atoms. The highest BCUT2D eigenvalue weighted by molar-refractivity contribution is 5.25. The van der Waals surface area contributed by atoms with Crippen LogP contribution in [0.3, 0.4) is 0 Å². The molecule has 1 aliphatic carbocycles. The topological polar surface area (TPSA) is 12.0 Å². The Kier molecular flexibility index (Phi) is 2.97. The number of hydrogen-bond acceptors (Lipinski definition) is 1. The van der Waals surface area contributed by atoms with Gasteiger partial charge in [-0.1, -0.05) is 30.7 Å². The van der Waals surface area contributed by atoms with Crippen molar-refractivity contribution in [3.8, 4) is 0 Å². The van der Waals surface area contributed by atoms with Crippen molar-refractivity contribution in [1.29, 1.82) is 0 Å². The third-order valence-electron chi connectivity index (χ3n) is 2.26. The molecule has 0 aromatic carbocycles. The van der Waals surface area contributed by atoms with E-state index in [1.165, 1.54) is 5.57 Å². The average Bonchev–Trinajstić information content (AvgIpc) is 1.93. The van der Waals surface area contributed by atoms with Crippen LogP contribution in [-0.4, -0.2) is 11.6 Å². The van der Waals surface area contributed by atoms with Crippen LogP contribution < -0.4 is 5.32 Å². The van der Waals surface area contributed by atoms with E-state index in [9.17, 15) is 0 Å². The number of rotatable bonds is 1. The third-order valence-corrected chi connectivity index (χ3v) is 2.26. The molecule has 1 nitrogen and oxygen atoms in total. The highest BCUT2D eigenvalue weighted by Crippen LogP contribution is 2.18. The molecule has 13 heavy (non-hydrogen) atoms. The maximum Gasteiger partial charge on any atom is 0.0318 e. The van der Waals surface area contributed by atoms with Gasteiger partial charge in [-0.15, -0.1) is 0 Å². The van der Waals surface area contributed by atoms with Crippen LogP contribution >= 0.6 is 0 Å². The average molecular weight is 179 g/mol. The van der Waals surface area contributed by atoms with Crippen LogP contribution in [0.2, 0.25) is 0 Å². The summed E-state index contributed by atoms with van der Waals surface area (Å²) in [5.41, 5.74) is 1.57. The number of hydrogen-bond donors (Lipinski definition) is 1. The molecule has 74 valence electrons. The number of nitrogens with one attached hydrogen (secondary N) is 1. The zero-order valence-electron chi connectivity index (χ0n) is 9.39. The second-order valence-corrected chi connectivity index (χ2v) is 5.05. The molecule has 1 rings (SSSR count). The smallest absolute Gasteiger partial charge is 0.0318 e. The summed E-state index contributed by atoms with van der Waals surface area (Å²) in [5.74, 6) is 0.601. The van der Waals surface area contributed by atoms with Gasteiger partial charge in [0.05, 0.1) is 0 Å². The normalized spacial score (nSPS) is 28.8. The first-order valence-corrected chi connectivity index (χ1v) is 5.03. The fourth-order valence-corrected chi connectivity index (χ4v) is 1.68. The van der Waals surface area contributed by atoms with Crippen molar-refractivity contribution in [3.05, 3.63) is 23.8 Å². The van der Waals surface area contributed by atoms with Crippen LogP contribution in [0.25, 0.3) is 0 Å². The molecule has 1 N–H and O–H groups in total. The lowest BCUT2D eigenvalue weighted by Crippen LogP contribution is -2.45. The first-order valence-electron chi connectivity index (χ1n) is 5.03. The van der Waals surface area contributed by atoms with Gasteiger partial charge in [-0.3, -0.25) is 0 Å². The molecule has 1 aliphatic rings. The molecule has 0 saturated heterocycles. The fourth-order valence-electron chi connectivity index (χ4n) is 1.68. The molecule has 1 heteroatoms. The molecule has 0 heterocycles. The monoisotopic (exact) mass is 179 g/mol. The molecule has 0 aliphatic heterocycles. The Morgan fingerprint density at radius 2 is 1.92 bits per heavy atom. The van der Waals surface area contributed by atoms with E-state index >= 15 is 0 Å². The Morgan fingerprint density at radius 3 is 2.38 bits per heavy atom. The van der Waals surface area contributed by atoms with Gasteiger partial charge >= 0.3 is 0 Å². The van der Waals surface area contributed by atoms with E-state index < -0.39 is 0 Å². The van der Waals surface area contributed by atoms with E-state index in [2.05, 4.69) is 58.2 Å². The predicted octanol–water partition coefficient (Wildman–Crippen LogP) is 2.90. The van der Waals surface area contributed by atoms with E-state index in [1.54, 1.807) is 0 Å². The van der Waals surface area contributed by atoms with Gasteiger partial charge in [0.2, 0.25) is 0 Å². The zero-order valence-corrected chi connectivity index (χ0v) is 9.39. The minimum atomic E-state index is 0.197. The van der Waals surface area contributed by atoms with Crippen molar-refractivity contribution in [2.45, 2.75) is 46.2 Å². The summed E-state index contributed by atoms with van der Waals surface area (Å²) in [7, 11) is 0. The van der Waals surface area contributed by atoms with Crippen LogP contribution in [0.15, 0.2) is 23.8 Å². The summed E-state index contributed by atoms with van der Waals surface area (Å²) < 4.78 is 0. The van der Waals surface area contributed by atoms with Crippen LogP contribution in [0, 0.1) is 5.92 Å². The summed E-state index contributed by atoms with van der Waals surface area (Å²) in [4.78, 5) is 0. The van der Waals surface area contributed by atoms with Crippen molar-refractivity contribution in [3.63, 3.8) is 0 Å². The molecule has 0 aromatic heterocycles. The van der Waals surface area contributed by atoms with Crippen molar-refractivity contribution in [2.75, 3.05) is 0 Å². The van der Waals surface area contributed by atoms with Crippen LogP contribution in [0.4, 0.5) is 0 Å². The molecule has 0 radical (unpaired) electrons. The zero-order chi connectivity index (χ0) is 10.1. The van der Waals surface area contributed by atoms with Gasteiger partial charge in [-0.2, -0.15) is 0 Å². The highest BCUT2D eigenvalue weighted by atomic mass is 15.0. The second kappa shape index (κ2) is 3.67. The second-order valence-electron chi connectivity index (χ2n) is 5.05. The van der Waals surface area contributed by atoms with Crippen molar-refractivity contribution >= 4 is 0 Å². The van der Waals surface area contributed by atoms with Gasteiger partial charge in [-0.25, -0.2) is 0 Å². The lowest BCUT2D eigenvalue weighted by molar-refractivity contribution is 0.354. The Bertz CT molecular complexity index is 230. The Balaban J connectivity index is 2.60. The molecule has 0 spiro atoms. The van der Waals surface area contributed by atoms with Crippen molar-refractivity contribution in [1.82, 2.24) is 5.32 Å². The highest BCUT2D eigenvalue weighted by Gasteiger charge is 2.20. The van der Waals surface area contributed by atoms with Gasteiger partial charge in [0, 0.05) is 11.6 Å². The molecule has 0 saturated carbocycles. The quantitative estimate of drug-likeness (QED) is 0.652. The minimum absolute atomic E-state index is 0.197. The molecule has 2 unspecified atom stereocenters. The molecule has 0 aromatic rings. The molecule has 0 amide bonds.